The van der Waals surface area contributed by atoms with Crippen molar-refractivity contribution in [2.24, 2.45) is 21.5 Å². The van der Waals surface area contributed by atoms with Crippen LogP contribution in [-0.2, 0) is 27.0 Å². The van der Waals surface area contributed by atoms with Crippen LogP contribution in [-0.4, -0.2) is 93.6 Å². The predicted octanol–water partition coefficient (Wildman–Crippen LogP) is 5.57. The molecule has 2 aliphatic heterocycles. The maximum Gasteiger partial charge on any atom is 0.416 e. The number of nitrogens with two attached hydrogens (primary N) is 2. The molecule has 0 radical (unpaired) electrons. The fraction of sp³-hybridized carbons (Fsp3) is 0.462. The highest BCUT2D eigenvalue weighted by molar-refractivity contribution is 6.31. The molecule has 14 nitrogen and oxygen atoms in total. The molecule has 0 fully saturated rings. The van der Waals surface area contributed by atoms with Gasteiger partial charge >= 0.3 is 6.18 Å². The van der Waals surface area contributed by atoms with E-state index in [1.165, 1.54) is 18.1 Å². The maximum absolute atomic E-state index is 13.9. The molecule has 4 rings (SSSR count). The highest BCUT2D eigenvalue weighted by Gasteiger charge is 2.33. The van der Waals surface area contributed by atoms with Gasteiger partial charge in [-0.1, -0.05) is 50.6 Å². The van der Waals surface area contributed by atoms with Crippen molar-refractivity contribution in [1.29, 1.82) is 0 Å². The first-order valence-electron chi connectivity index (χ1n) is 18.3. The number of alkyl halides is 3. The van der Waals surface area contributed by atoms with E-state index in [9.17, 15) is 27.9 Å². The number of hydrazine groups is 1. The Bertz CT molecular complexity index is 1670. The van der Waals surface area contributed by atoms with Crippen LogP contribution in [0.2, 0.25) is 5.02 Å². The Hall–Kier alpha value is -5.13. The molecule has 0 saturated carbocycles. The van der Waals surface area contributed by atoms with Gasteiger partial charge in [0.1, 0.15) is 31.1 Å². The first-order chi connectivity index (χ1) is 27.3. The first-order valence-corrected chi connectivity index (χ1v) is 18.6. The van der Waals surface area contributed by atoms with E-state index in [4.69, 9.17) is 26.9 Å². The van der Waals surface area contributed by atoms with E-state index < -0.39 is 17.9 Å². The van der Waals surface area contributed by atoms with Gasteiger partial charge in [0, 0.05) is 49.4 Å². The third-order valence-corrected chi connectivity index (χ3v) is 8.76. The standard InChI is InChI=1S/C27H40N8O4.C8H6ClF3.C2H6.CH5N.CH2O/c1-5-22-24(34(14-12-31-17-36)13-11-21(28)25(37)18(2)29-3)27(38)35(16-32-22)33-26(30-4)20-8-6-10-23-19(20)9-7-15-39-23;1-5-2-3-6(4-7(5)9)8(10,11)12;3*1-2/h6,8,10,17,26,32-33,37H,4-5,7,9,11-16,28H2,1-3H3,(H,31,36);2-4H,1H3;1-2H3;2H2,1H3;1H2/b25-21+,29-18?;;;;. The van der Waals surface area contributed by atoms with Gasteiger partial charge in [-0.3, -0.25) is 24.6 Å². The van der Waals surface area contributed by atoms with Crippen LogP contribution >= 0.6 is 11.6 Å². The van der Waals surface area contributed by atoms with Crippen molar-refractivity contribution < 1.29 is 37.4 Å². The monoisotopic (exact) mass is 825 g/mol. The molecule has 2 aliphatic rings. The van der Waals surface area contributed by atoms with Crippen LogP contribution in [0.3, 0.4) is 0 Å². The molecule has 2 amide bonds. The minimum atomic E-state index is -4.31. The number of aliphatic hydroxyl groups excluding tert-OH is 1. The number of rotatable bonds is 14. The fourth-order valence-electron chi connectivity index (χ4n) is 5.41. The molecule has 0 aliphatic carbocycles. The van der Waals surface area contributed by atoms with Gasteiger partial charge in [-0.25, -0.2) is 5.43 Å². The van der Waals surface area contributed by atoms with Crippen LogP contribution in [0.1, 0.15) is 75.4 Å². The van der Waals surface area contributed by atoms with Crippen molar-refractivity contribution >= 4 is 43.1 Å². The average molecular weight is 826 g/mol. The third-order valence-electron chi connectivity index (χ3n) is 8.35. The minimum absolute atomic E-state index is 0.0698. The summed E-state index contributed by atoms with van der Waals surface area (Å²) in [6, 6.07) is 9.12. The molecule has 1 atom stereocenters. The highest BCUT2D eigenvalue weighted by Crippen LogP contribution is 2.33. The van der Waals surface area contributed by atoms with Crippen LogP contribution < -0.4 is 32.3 Å². The predicted molar refractivity (Wildman–Crippen MR) is 221 cm³/mol. The number of carbonyl (C=O) groups excluding carboxylic acids is 3. The number of nitrogens with zero attached hydrogens (tertiary/aromatic N) is 4. The Morgan fingerprint density at radius 3 is 2.44 bits per heavy atom. The molecule has 57 heavy (non-hydrogen) atoms. The number of halogens is 4. The number of ether oxygens (including phenoxy) is 1. The van der Waals surface area contributed by atoms with Crippen molar-refractivity contribution in [2.75, 3.05) is 47.0 Å². The smallest absolute Gasteiger partial charge is 0.416 e. The van der Waals surface area contributed by atoms with E-state index >= 15 is 0 Å². The lowest BCUT2D eigenvalue weighted by Crippen LogP contribution is -2.56. The molecule has 1 unspecified atom stereocenters. The van der Waals surface area contributed by atoms with Crippen molar-refractivity contribution in [2.45, 2.75) is 72.6 Å². The Morgan fingerprint density at radius 1 is 1.21 bits per heavy atom. The number of amides is 2. The van der Waals surface area contributed by atoms with Crippen LogP contribution in [0.4, 0.5) is 13.2 Å². The highest BCUT2D eigenvalue weighted by atomic mass is 35.5. The number of nitrogens with one attached hydrogen (secondary N) is 3. The number of fused-ring (bicyclic) bond motifs is 1. The zero-order chi connectivity index (χ0) is 43.7. The molecule has 18 heteroatoms. The Balaban J connectivity index is 0.00000146. The average Bonchev–Trinajstić information content (AvgIpc) is 3.23. The third kappa shape index (κ3) is 15.7. The van der Waals surface area contributed by atoms with E-state index in [-0.39, 0.29) is 35.5 Å². The molecule has 0 aromatic heterocycles. The molecule has 0 saturated heterocycles. The van der Waals surface area contributed by atoms with Crippen molar-refractivity contribution in [3.8, 4) is 5.75 Å². The van der Waals surface area contributed by atoms with E-state index in [0.29, 0.717) is 56.0 Å². The Kier molecular flexibility index (Phi) is 25.0. The summed E-state index contributed by atoms with van der Waals surface area (Å²) in [6.07, 6.45) is -1.60. The van der Waals surface area contributed by atoms with Gasteiger partial charge in [-0.2, -0.15) is 13.2 Å². The Morgan fingerprint density at radius 2 is 1.88 bits per heavy atom. The molecular weight excluding hydrogens is 767 g/mol. The topological polar surface area (TPSA) is 200 Å². The zero-order valence-corrected chi connectivity index (χ0v) is 34.7. The molecule has 2 heterocycles. The summed E-state index contributed by atoms with van der Waals surface area (Å²) in [7, 11) is 3.08. The molecule has 0 bridgehead atoms. The van der Waals surface area contributed by atoms with E-state index in [2.05, 4.69) is 38.5 Å². The van der Waals surface area contributed by atoms with Gasteiger partial charge in [-0.15, -0.1) is 0 Å². The fourth-order valence-corrected chi connectivity index (χ4v) is 5.59. The van der Waals surface area contributed by atoms with Crippen LogP contribution in [0.5, 0.6) is 5.75 Å². The summed E-state index contributed by atoms with van der Waals surface area (Å²) >= 11 is 5.52. The second-order valence-corrected chi connectivity index (χ2v) is 12.1. The molecule has 2 aromatic rings. The number of carbonyl (C=O) groups is 3. The number of hydrogen-bond donors (Lipinski definition) is 6. The maximum atomic E-state index is 13.9. The summed E-state index contributed by atoms with van der Waals surface area (Å²) in [5, 5.41) is 18.0. The Labute approximate surface area is 339 Å². The lowest BCUT2D eigenvalue weighted by molar-refractivity contribution is -0.137. The van der Waals surface area contributed by atoms with Gasteiger partial charge in [0.15, 0.2) is 5.76 Å². The summed E-state index contributed by atoms with van der Waals surface area (Å²) in [5.74, 6) is 0.515. The molecule has 318 valence electrons. The summed E-state index contributed by atoms with van der Waals surface area (Å²) in [4.78, 5) is 43.0. The zero-order valence-electron chi connectivity index (χ0n) is 33.9. The van der Waals surface area contributed by atoms with Crippen LogP contribution in [0, 0.1) is 6.92 Å². The number of aliphatic imine (C=N–C) groups is 2. The summed E-state index contributed by atoms with van der Waals surface area (Å²) < 4.78 is 41.9. The van der Waals surface area contributed by atoms with Gasteiger partial charge < -0.3 is 41.6 Å². The van der Waals surface area contributed by atoms with E-state index in [1.807, 2.05) is 50.7 Å². The number of benzene rings is 2. The quantitative estimate of drug-likeness (QED) is 0.0606. The lowest BCUT2D eigenvalue weighted by atomic mass is 9.98. The summed E-state index contributed by atoms with van der Waals surface area (Å²) in [5.41, 5.74) is 17.7. The second-order valence-electron chi connectivity index (χ2n) is 11.7. The van der Waals surface area contributed by atoms with Gasteiger partial charge in [0.2, 0.25) is 6.41 Å². The molecule has 2 aromatic carbocycles. The van der Waals surface area contributed by atoms with Gasteiger partial charge in [0.25, 0.3) is 5.91 Å². The van der Waals surface area contributed by atoms with E-state index in [0.717, 1.165) is 47.5 Å². The first kappa shape index (κ1) is 51.9. The normalized spacial score (nSPS) is 14.4. The van der Waals surface area contributed by atoms with Crippen LogP contribution in [0.25, 0.3) is 0 Å². The minimum Gasteiger partial charge on any atom is -0.504 e. The SMILES string of the molecule is C=NC(NN1CNC(CC)=C(N(CCNC=O)CC/C(N)=C(\O)C(C)=NC)C1=O)c1cccc2c1CCCO2.C=O.CC.CN.Cc1ccc(C(F)(F)F)cc1Cl. The van der Waals surface area contributed by atoms with Crippen molar-refractivity contribution in [3.05, 3.63) is 86.5 Å². The molecular formula is C39H59ClF3N9O5. The lowest BCUT2D eigenvalue weighted by Gasteiger charge is -2.38. The molecule has 0 spiro atoms. The van der Waals surface area contributed by atoms with Crippen molar-refractivity contribution in [3.63, 3.8) is 0 Å². The molecule has 8 N–H and O–H groups in total. The number of aliphatic hydroxyl groups is 1. The van der Waals surface area contributed by atoms with Crippen LogP contribution in [0.15, 0.2) is 69.2 Å². The number of hydrogen-bond acceptors (Lipinski definition) is 12. The largest absolute Gasteiger partial charge is 0.504 e. The van der Waals surface area contributed by atoms with Gasteiger partial charge in [0.05, 0.1) is 23.6 Å². The second kappa shape index (κ2) is 27.5. The summed E-state index contributed by atoms with van der Waals surface area (Å²) in [6.45, 7) is 17.0. The number of aryl methyl sites for hydroxylation is 1. The number of allylic oxidation sites excluding steroid dienone is 2. The van der Waals surface area contributed by atoms with Gasteiger partial charge in [-0.05, 0) is 76.2 Å². The van der Waals surface area contributed by atoms with Crippen molar-refractivity contribution in [1.82, 2.24) is 26.0 Å². The van der Waals surface area contributed by atoms with E-state index in [1.54, 1.807) is 20.9 Å².